The van der Waals surface area contributed by atoms with E-state index >= 15 is 0 Å². The van der Waals surface area contributed by atoms with E-state index in [1.807, 2.05) is 0 Å². The number of rotatable bonds is 2. The van der Waals surface area contributed by atoms with Crippen molar-refractivity contribution in [2.75, 3.05) is 5.73 Å². The molecular weight excluding hydrogens is 268 g/mol. The van der Waals surface area contributed by atoms with Crippen LogP contribution in [0.1, 0.15) is 0 Å². The van der Waals surface area contributed by atoms with Gasteiger partial charge in [0.05, 0.1) is 12.0 Å². The number of nitrogen functional groups attached to an aromatic ring is 1. The van der Waals surface area contributed by atoms with Crippen molar-refractivity contribution in [3.63, 3.8) is 0 Å². The molecule has 0 saturated carbocycles. The molecule has 0 aliphatic heterocycles. The molecule has 94 valence electrons. The number of aromatic nitrogens is 2. The molecule has 0 saturated heterocycles. The largest absolute Gasteiger partial charge is 0.434 e. The van der Waals surface area contributed by atoms with Crippen molar-refractivity contribution in [3.05, 3.63) is 45.5 Å². The smallest absolute Gasteiger partial charge is 0.273 e. The zero-order chi connectivity index (χ0) is 13.3. The number of nitrogens with one attached hydrogen (secondary N) is 1. The molecule has 0 atom stereocenters. The Morgan fingerprint density at radius 1 is 1.33 bits per heavy atom. The van der Waals surface area contributed by atoms with Gasteiger partial charge in [-0.05, 0) is 0 Å². The number of benzene rings is 1. The van der Waals surface area contributed by atoms with E-state index in [1.54, 1.807) is 0 Å². The first-order valence-electron chi connectivity index (χ1n) is 4.64. The highest BCUT2D eigenvalue weighted by Crippen LogP contribution is 2.28. The van der Waals surface area contributed by atoms with Gasteiger partial charge in [-0.15, -0.1) is 0 Å². The Labute approximate surface area is 104 Å². The Bertz CT molecular complexity index is 660. The van der Waals surface area contributed by atoms with Crippen LogP contribution in [0.25, 0.3) is 0 Å². The lowest BCUT2D eigenvalue weighted by Gasteiger charge is -2.07. The summed E-state index contributed by atoms with van der Waals surface area (Å²) < 4.78 is 31.5. The Morgan fingerprint density at radius 2 is 2.06 bits per heavy atom. The summed E-state index contributed by atoms with van der Waals surface area (Å²) in [6.07, 6.45) is 1.02. The minimum Gasteiger partial charge on any atom is -0.434 e. The number of H-pyrrole nitrogens is 1. The van der Waals surface area contributed by atoms with E-state index in [-0.39, 0.29) is 16.6 Å². The molecule has 5 nitrogen and oxygen atoms in total. The fourth-order valence-corrected chi connectivity index (χ4v) is 1.31. The molecule has 3 N–H and O–H groups in total. The standard InChI is InChI=1S/C10H6ClF2N3O2/c11-8-9(17)15-3-16-10(8)18-7-2-4(12)6(14)1-5(7)13/h1-3H,14H2,(H,15,16,17). The monoisotopic (exact) mass is 273 g/mol. The van der Waals surface area contributed by atoms with Crippen LogP contribution in [-0.2, 0) is 0 Å². The zero-order valence-corrected chi connectivity index (χ0v) is 9.46. The van der Waals surface area contributed by atoms with Crippen LogP contribution in [-0.4, -0.2) is 9.97 Å². The first kappa shape index (κ1) is 12.3. The zero-order valence-electron chi connectivity index (χ0n) is 8.71. The fourth-order valence-electron chi connectivity index (χ4n) is 1.16. The van der Waals surface area contributed by atoms with E-state index in [0.29, 0.717) is 0 Å². The van der Waals surface area contributed by atoms with Crippen LogP contribution in [0.15, 0.2) is 23.3 Å². The van der Waals surface area contributed by atoms with Gasteiger partial charge in [-0.25, -0.2) is 13.8 Å². The summed E-state index contributed by atoms with van der Waals surface area (Å²) in [6, 6.07) is 1.50. The van der Waals surface area contributed by atoms with Gasteiger partial charge in [0.1, 0.15) is 5.82 Å². The molecule has 0 aliphatic rings. The molecule has 18 heavy (non-hydrogen) atoms. The van der Waals surface area contributed by atoms with Crippen molar-refractivity contribution in [3.8, 4) is 11.6 Å². The van der Waals surface area contributed by atoms with Gasteiger partial charge in [-0.3, -0.25) is 4.79 Å². The molecule has 0 bridgehead atoms. The van der Waals surface area contributed by atoms with Crippen LogP contribution in [0.2, 0.25) is 5.02 Å². The maximum atomic E-state index is 13.4. The molecule has 0 spiro atoms. The molecule has 1 heterocycles. The Balaban J connectivity index is 2.43. The Hall–Kier alpha value is -2.15. The Morgan fingerprint density at radius 3 is 2.78 bits per heavy atom. The topological polar surface area (TPSA) is 81.0 Å². The predicted molar refractivity (Wildman–Crippen MR) is 60.7 cm³/mol. The summed E-state index contributed by atoms with van der Waals surface area (Å²) in [4.78, 5) is 16.9. The minimum atomic E-state index is -0.896. The second-order valence-electron chi connectivity index (χ2n) is 3.26. The molecule has 0 amide bonds. The van der Waals surface area contributed by atoms with Gasteiger partial charge in [0.25, 0.3) is 5.56 Å². The second-order valence-corrected chi connectivity index (χ2v) is 3.63. The van der Waals surface area contributed by atoms with Crippen LogP contribution in [0.5, 0.6) is 11.6 Å². The van der Waals surface area contributed by atoms with Crippen molar-refractivity contribution < 1.29 is 13.5 Å². The number of nitrogens with zero attached hydrogens (tertiary/aromatic N) is 1. The number of halogens is 3. The van der Waals surface area contributed by atoms with Crippen molar-refractivity contribution >= 4 is 17.3 Å². The van der Waals surface area contributed by atoms with E-state index in [0.717, 1.165) is 18.5 Å². The van der Waals surface area contributed by atoms with Gasteiger partial charge in [-0.2, -0.15) is 0 Å². The number of hydrogen-bond donors (Lipinski definition) is 2. The fraction of sp³-hybridized carbons (Fsp3) is 0. The van der Waals surface area contributed by atoms with Crippen molar-refractivity contribution in [2.45, 2.75) is 0 Å². The summed E-state index contributed by atoms with van der Waals surface area (Å²) in [6.45, 7) is 0. The SMILES string of the molecule is Nc1cc(F)c(Oc2nc[nH]c(=O)c2Cl)cc1F. The summed E-state index contributed by atoms with van der Waals surface area (Å²) in [7, 11) is 0. The quantitative estimate of drug-likeness (QED) is 0.821. The highest BCUT2D eigenvalue weighted by Gasteiger charge is 2.14. The Kier molecular flexibility index (Phi) is 3.15. The van der Waals surface area contributed by atoms with E-state index in [9.17, 15) is 13.6 Å². The summed E-state index contributed by atoms with van der Waals surface area (Å²) in [5.74, 6) is -2.55. The molecule has 1 aromatic carbocycles. The van der Waals surface area contributed by atoms with Gasteiger partial charge in [0.15, 0.2) is 16.6 Å². The van der Waals surface area contributed by atoms with Crippen LogP contribution in [0.4, 0.5) is 14.5 Å². The molecular formula is C10H6ClF2N3O2. The van der Waals surface area contributed by atoms with Crippen molar-refractivity contribution in [1.82, 2.24) is 9.97 Å². The first-order valence-corrected chi connectivity index (χ1v) is 5.02. The third-order valence-corrected chi connectivity index (χ3v) is 2.36. The van der Waals surface area contributed by atoms with Gasteiger partial charge in [0.2, 0.25) is 5.88 Å². The number of ether oxygens (including phenoxy) is 1. The third-order valence-electron chi connectivity index (χ3n) is 2.02. The molecule has 2 rings (SSSR count). The molecule has 0 radical (unpaired) electrons. The summed E-state index contributed by atoms with van der Waals surface area (Å²) in [5, 5.41) is -0.367. The molecule has 8 heteroatoms. The summed E-state index contributed by atoms with van der Waals surface area (Å²) in [5.41, 5.74) is 4.16. The highest BCUT2D eigenvalue weighted by atomic mass is 35.5. The van der Waals surface area contributed by atoms with Gasteiger partial charge < -0.3 is 15.5 Å². The van der Waals surface area contributed by atoms with Crippen LogP contribution >= 0.6 is 11.6 Å². The lowest BCUT2D eigenvalue weighted by atomic mass is 10.3. The molecule has 0 aliphatic carbocycles. The van der Waals surface area contributed by atoms with Gasteiger partial charge in [-0.1, -0.05) is 11.6 Å². The molecule has 0 unspecified atom stereocenters. The number of aromatic amines is 1. The lowest BCUT2D eigenvalue weighted by Crippen LogP contribution is -2.08. The average molecular weight is 274 g/mol. The molecule has 2 aromatic rings. The maximum Gasteiger partial charge on any atom is 0.273 e. The van der Waals surface area contributed by atoms with Crippen LogP contribution in [0.3, 0.4) is 0 Å². The lowest BCUT2D eigenvalue weighted by molar-refractivity contribution is 0.421. The van der Waals surface area contributed by atoms with E-state index in [1.165, 1.54) is 0 Å². The van der Waals surface area contributed by atoms with Gasteiger partial charge in [0, 0.05) is 12.1 Å². The first-order chi connectivity index (χ1) is 8.49. The minimum absolute atomic E-state index is 0.330. The van der Waals surface area contributed by atoms with Crippen LogP contribution < -0.4 is 16.0 Å². The maximum absolute atomic E-state index is 13.4. The van der Waals surface area contributed by atoms with E-state index < -0.39 is 22.9 Å². The van der Waals surface area contributed by atoms with Crippen molar-refractivity contribution in [1.29, 1.82) is 0 Å². The second kappa shape index (κ2) is 4.61. The summed E-state index contributed by atoms with van der Waals surface area (Å²) >= 11 is 5.59. The van der Waals surface area contributed by atoms with Crippen molar-refractivity contribution in [2.24, 2.45) is 0 Å². The number of anilines is 1. The molecule has 1 aromatic heterocycles. The normalized spacial score (nSPS) is 10.4. The van der Waals surface area contributed by atoms with Crippen LogP contribution in [0, 0.1) is 11.6 Å². The van der Waals surface area contributed by atoms with E-state index in [4.69, 9.17) is 22.1 Å². The van der Waals surface area contributed by atoms with E-state index in [2.05, 4.69) is 9.97 Å². The van der Waals surface area contributed by atoms with Gasteiger partial charge >= 0.3 is 0 Å². The predicted octanol–water partition coefficient (Wildman–Crippen LogP) is 2.08. The molecule has 0 fully saturated rings. The number of nitrogens with two attached hydrogens (primary N) is 1. The highest BCUT2D eigenvalue weighted by molar-refractivity contribution is 6.31. The third kappa shape index (κ3) is 2.25. The average Bonchev–Trinajstić information content (AvgIpc) is 2.32. The number of hydrogen-bond acceptors (Lipinski definition) is 4.